The van der Waals surface area contributed by atoms with Crippen LogP contribution in [0.3, 0.4) is 0 Å². The zero-order valence-electron chi connectivity index (χ0n) is 14.8. The lowest BCUT2D eigenvalue weighted by molar-refractivity contribution is -0.145. The van der Waals surface area contributed by atoms with Crippen LogP contribution in [-0.4, -0.2) is 34.3 Å². The Balaban J connectivity index is 0.000000194. The minimum absolute atomic E-state index is 0.00843. The molecule has 3 rings (SSSR count). The van der Waals surface area contributed by atoms with Gasteiger partial charge in [-0.3, -0.25) is 9.59 Å². The molecule has 0 radical (unpaired) electrons. The number of carbonyl (C=O) groups excluding carboxylic acids is 1. The lowest BCUT2D eigenvalue weighted by atomic mass is 9.80. The van der Waals surface area contributed by atoms with Crippen molar-refractivity contribution in [3.8, 4) is 0 Å². The SMILES string of the molecule is CC1(C(=O)O)C=CC=C(C(=O)O)C1.NCc1ccccc1N1N=CCC1=O. The van der Waals surface area contributed by atoms with E-state index >= 15 is 0 Å². The second-order valence-corrected chi connectivity index (χ2v) is 6.30. The topological polar surface area (TPSA) is 133 Å². The Morgan fingerprint density at radius 3 is 2.56 bits per heavy atom. The summed E-state index contributed by atoms with van der Waals surface area (Å²) in [5.41, 5.74) is 6.34. The predicted molar refractivity (Wildman–Crippen MR) is 100 cm³/mol. The van der Waals surface area contributed by atoms with Gasteiger partial charge >= 0.3 is 11.9 Å². The summed E-state index contributed by atoms with van der Waals surface area (Å²) in [6.45, 7) is 1.91. The summed E-state index contributed by atoms with van der Waals surface area (Å²) in [7, 11) is 0. The highest BCUT2D eigenvalue weighted by Crippen LogP contribution is 2.31. The number of carbonyl (C=O) groups is 3. The van der Waals surface area contributed by atoms with E-state index in [1.165, 1.54) is 30.2 Å². The number of carboxylic acid groups (broad SMARTS) is 2. The summed E-state index contributed by atoms with van der Waals surface area (Å²) in [4.78, 5) is 32.7. The maximum Gasteiger partial charge on any atom is 0.331 e. The number of rotatable bonds is 4. The highest BCUT2D eigenvalue weighted by Gasteiger charge is 2.34. The fraction of sp³-hybridized carbons (Fsp3) is 0.263. The molecular formula is C19H21N3O5. The van der Waals surface area contributed by atoms with Crippen LogP contribution in [0, 0.1) is 5.41 Å². The van der Waals surface area contributed by atoms with Gasteiger partial charge < -0.3 is 15.9 Å². The number of allylic oxidation sites excluding steroid dienone is 2. The van der Waals surface area contributed by atoms with Crippen molar-refractivity contribution in [1.29, 1.82) is 0 Å². The first-order valence-corrected chi connectivity index (χ1v) is 8.27. The van der Waals surface area contributed by atoms with Gasteiger partial charge in [0.25, 0.3) is 5.91 Å². The van der Waals surface area contributed by atoms with E-state index in [-0.39, 0.29) is 17.9 Å². The number of amides is 1. The maximum absolute atomic E-state index is 11.4. The van der Waals surface area contributed by atoms with Gasteiger partial charge in [0.1, 0.15) is 0 Å². The van der Waals surface area contributed by atoms with Crippen molar-refractivity contribution in [1.82, 2.24) is 0 Å². The second kappa shape index (κ2) is 8.41. The molecule has 0 bridgehead atoms. The smallest absolute Gasteiger partial charge is 0.331 e. The molecule has 1 aromatic rings. The van der Waals surface area contributed by atoms with Crippen molar-refractivity contribution >= 4 is 29.7 Å². The molecule has 1 amide bonds. The second-order valence-electron chi connectivity index (χ2n) is 6.30. The quantitative estimate of drug-likeness (QED) is 0.740. The molecule has 0 aromatic heterocycles. The van der Waals surface area contributed by atoms with Crippen LogP contribution >= 0.6 is 0 Å². The molecule has 1 aliphatic carbocycles. The third kappa shape index (κ3) is 4.68. The van der Waals surface area contributed by atoms with E-state index in [1.807, 2.05) is 24.3 Å². The third-order valence-corrected chi connectivity index (χ3v) is 4.22. The van der Waals surface area contributed by atoms with Gasteiger partial charge in [0.15, 0.2) is 0 Å². The molecule has 1 unspecified atom stereocenters. The largest absolute Gasteiger partial charge is 0.481 e. The number of nitrogens with two attached hydrogens (primary N) is 1. The number of hydrogen-bond acceptors (Lipinski definition) is 5. The van der Waals surface area contributed by atoms with Crippen LogP contribution < -0.4 is 10.7 Å². The Bertz CT molecular complexity index is 844. The highest BCUT2D eigenvalue weighted by atomic mass is 16.4. The van der Waals surface area contributed by atoms with E-state index in [0.717, 1.165) is 11.3 Å². The number of hydrogen-bond donors (Lipinski definition) is 3. The normalized spacial score (nSPS) is 20.7. The van der Waals surface area contributed by atoms with Crippen LogP contribution in [0.15, 0.2) is 53.2 Å². The molecule has 1 atom stereocenters. The molecule has 27 heavy (non-hydrogen) atoms. The van der Waals surface area contributed by atoms with Crippen molar-refractivity contribution in [2.45, 2.75) is 26.3 Å². The standard InChI is InChI=1S/C10H11N3O.C9H10O4/c11-7-8-3-1-2-4-9(8)13-10(14)5-6-12-13;1-9(8(12)13)4-2-3-6(5-9)7(10)11/h1-4,6H,5,7,11H2;2-4H,5H2,1H3,(H,10,11)(H,12,13). The first-order valence-electron chi connectivity index (χ1n) is 8.27. The summed E-state index contributed by atoms with van der Waals surface area (Å²) in [6.07, 6.45) is 6.42. The van der Waals surface area contributed by atoms with Crippen molar-refractivity contribution in [3.05, 3.63) is 53.6 Å². The van der Waals surface area contributed by atoms with Crippen LogP contribution in [-0.2, 0) is 20.9 Å². The first-order chi connectivity index (χ1) is 12.8. The average molecular weight is 371 g/mol. The van der Waals surface area contributed by atoms with Gasteiger partial charge in [-0.05, 0) is 25.0 Å². The number of carboxylic acids is 2. The van der Waals surface area contributed by atoms with Gasteiger partial charge in [-0.15, -0.1) is 0 Å². The number of benzene rings is 1. The monoisotopic (exact) mass is 371 g/mol. The minimum Gasteiger partial charge on any atom is -0.481 e. The van der Waals surface area contributed by atoms with Crippen molar-refractivity contribution in [2.24, 2.45) is 16.3 Å². The highest BCUT2D eigenvalue weighted by molar-refractivity contribution is 6.05. The molecule has 0 saturated heterocycles. The minimum atomic E-state index is -1.08. The molecule has 1 aliphatic heterocycles. The van der Waals surface area contributed by atoms with Crippen LogP contribution in [0.5, 0.6) is 0 Å². The number of nitrogens with zero attached hydrogens (tertiary/aromatic N) is 2. The molecule has 1 aromatic carbocycles. The van der Waals surface area contributed by atoms with Crippen LogP contribution in [0.1, 0.15) is 25.3 Å². The zero-order chi connectivity index (χ0) is 20.0. The number of hydrazone groups is 1. The molecule has 0 fully saturated rings. The van der Waals surface area contributed by atoms with Gasteiger partial charge in [-0.2, -0.15) is 5.10 Å². The van der Waals surface area contributed by atoms with E-state index in [9.17, 15) is 14.4 Å². The van der Waals surface area contributed by atoms with E-state index in [1.54, 1.807) is 6.21 Å². The number of anilines is 1. The number of aliphatic carboxylic acids is 2. The van der Waals surface area contributed by atoms with Crippen LogP contribution in [0.4, 0.5) is 5.69 Å². The Morgan fingerprint density at radius 1 is 1.30 bits per heavy atom. The van der Waals surface area contributed by atoms with Crippen molar-refractivity contribution in [2.75, 3.05) is 5.01 Å². The van der Waals surface area contributed by atoms with Crippen molar-refractivity contribution < 1.29 is 24.6 Å². The van der Waals surface area contributed by atoms with E-state index in [0.29, 0.717) is 13.0 Å². The fourth-order valence-corrected chi connectivity index (χ4v) is 2.62. The molecule has 1 heterocycles. The summed E-state index contributed by atoms with van der Waals surface area (Å²) >= 11 is 0. The van der Waals surface area contributed by atoms with Gasteiger partial charge in [0.05, 0.1) is 17.5 Å². The van der Waals surface area contributed by atoms with Gasteiger partial charge in [-0.1, -0.05) is 36.4 Å². The Labute approximate surface area is 156 Å². The third-order valence-electron chi connectivity index (χ3n) is 4.22. The summed E-state index contributed by atoms with van der Waals surface area (Å²) in [5.74, 6) is -2.07. The molecule has 142 valence electrons. The average Bonchev–Trinajstić information content (AvgIpc) is 3.08. The Morgan fingerprint density at radius 2 is 2.00 bits per heavy atom. The molecule has 8 heteroatoms. The first kappa shape index (κ1) is 20.1. The fourth-order valence-electron chi connectivity index (χ4n) is 2.62. The van der Waals surface area contributed by atoms with Gasteiger partial charge in [0, 0.05) is 18.3 Å². The molecular weight excluding hydrogens is 350 g/mol. The van der Waals surface area contributed by atoms with Crippen LogP contribution in [0.25, 0.3) is 0 Å². The van der Waals surface area contributed by atoms with E-state index in [2.05, 4.69) is 5.10 Å². The van der Waals surface area contributed by atoms with E-state index in [4.69, 9.17) is 15.9 Å². The Hall–Kier alpha value is -3.26. The zero-order valence-corrected chi connectivity index (χ0v) is 14.8. The summed E-state index contributed by atoms with van der Waals surface area (Å²) < 4.78 is 0. The molecule has 0 spiro atoms. The predicted octanol–water partition coefficient (Wildman–Crippen LogP) is 1.92. The maximum atomic E-state index is 11.4. The summed E-state index contributed by atoms with van der Waals surface area (Å²) in [6, 6.07) is 7.52. The van der Waals surface area contributed by atoms with Gasteiger partial charge in [-0.25, -0.2) is 9.80 Å². The van der Waals surface area contributed by atoms with Crippen LogP contribution in [0.2, 0.25) is 0 Å². The molecule has 8 nitrogen and oxygen atoms in total. The van der Waals surface area contributed by atoms with E-state index < -0.39 is 17.4 Å². The molecule has 2 aliphatic rings. The molecule has 4 N–H and O–H groups in total. The van der Waals surface area contributed by atoms with Crippen molar-refractivity contribution in [3.63, 3.8) is 0 Å². The molecule has 0 saturated carbocycles. The Kier molecular flexibility index (Phi) is 6.25. The lowest BCUT2D eigenvalue weighted by Crippen LogP contribution is -2.28. The number of para-hydroxylation sites is 1. The lowest BCUT2D eigenvalue weighted by Gasteiger charge is -2.23. The summed E-state index contributed by atoms with van der Waals surface area (Å²) in [5, 5.41) is 22.9. The van der Waals surface area contributed by atoms with Gasteiger partial charge in [0.2, 0.25) is 0 Å².